The van der Waals surface area contributed by atoms with Crippen molar-refractivity contribution < 1.29 is 20.1 Å². The van der Waals surface area contributed by atoms with Crippen molar-refractivity contribution in [2.24, 2.45) is 5.92 Å². The molecule has 0 amide bonds. The van der Waals surface area contributed by atoms with E-state index in [0.717, 1.165) is 30.1 Å². The highest BCUT2D eigenvalue weighted by molar-refractivity contribution is 5.97. The van der Waals surface area contributed by atoms with Gasteiger partial charge in [0.05, 0.1) is 17.3 Å². The monoisotopic (exact) mass is 385 g/mol. The summed E-state index contributed by atoms with van der Waals surface area (Å²) in [6.07, 6.45) is 6.40. The molecule has 5 heteroatoms. The molecule has 1 aromatic carbocycles. The minimum absolute atomic E-state index is 0.0180. The van der Waals surface area contributed by atoms with Gasteiger partial charge in [0.15, 0.2) is 5.78 Å². The minimum atomic E-state index is -0.964. The van der Waals surface area contributed by atoms with Crippen LogP contribution in [0, 0.1) is 5.92 Å². The molecule has 2 saturated carbocycles. The molecule has 28 heavy (non-hydrogen) atoms. The van der Waals surface area contributed by atoms with Gasteiger partial charge in [0, 0.05) is 23.6 Å². The second kappa shape index (κ2) is 6.28. The molecule has 4 aliphatic rings. The second-order valence-electron chi connectivity index (χ2n) is 9.72. The molecule has 1 saturated heterocycles. The Hall–Kier alpha value is -1.43. The number of Topliss-reactive ketones (excluding diaryl/α,β-unsaturated/α-hetero) is 1. The van der Waals surface area contributed by atoms with Gasteiger partial charge in [-0.15, -0.1) is 0 Å². The molecular formula is C23H31NO4. The highest BCUT2D eigenvalue weighted by atomic mass is 16.3. The average molecular weight is 386 g/mol. The molecule has 4 atom stereocenters. The number of phenolic OH excluding ortho intramolecular Hbond substituents is 1. The summed E-state index contributed by atoms with van der Waals surface area (Å²) in [6.45, 7) is 3.38. The van der Waals surface area contributed by atoms with E-state index in [1.165, 1.54) is 26.2 Å². The Balaban J connectivity index is 1.65. The van der Waals surface area contributed by atoms with E-state index in [-0.39, 0.29) is 17.6 Å². The largest absolute Gasteiger partial charge is 0.507 e. The van der Waals surface area contributed by atoms with Crippen LogP contribution in [0.5, 0.6) is 5.75 Å². The van der Waals surface area contributed by atoms with Gasteiger partial charge >= 0.3 is 0 Å². The van der Waals surface area contributed by atoms with Crippen LogP contribution in [0.25, 0.3) is 0 Å². The van der Waals surface area contributed by atoms with Gasteiger partial charge in [-0.05, 0) is 76.0 Å². The van der Waals surface area contributed by atoms with Crippen LogP contribution in [0.15, 0.2) is 12.1 Å². The van der Waals surface area contributed by atoms with Crippen LogP contribution in [0.2, 0.25) is 0 Å². The van der Waals surface area contributed by atoms with E-state index in [1.807, 2.05) is 6.07 Å². The van der Waals surface area contributed by atoms with E-state index in [9.17, 15) is 20.1 Å². The van der Waals surface area contributed by atoms with E-state index in [4.69, 9.17) is 0 Å². The number of piperidine rings is 1. The molecule has 3 fully saturated rings. The Morgan fingerprint density at radius 1 is 1.25 bits per heavy atom. The third-order valence-corrected chi connectivity index (χ3v) is 8.34. The van der Waals surface area contributed by atoms with Crippen LogP contribution < -0.4 is 0 Å². The van der Waals surface area contributed by atoms with Gasteiger partial charge in [0.25, 0.3) is 0 Å². The number of aromatic hydroxyl groups is 1. The van der Waals surface area contributed by atoms with Gasteiger partial charge in [0.1, 0.15) is 5.75 Å². The van der Waals surface area contributed by atoms with Crippen molar-refractivity contribution in [2.45, 2.75) is 81.5 Å². The fourth-order valence-electron chi connectivity index (χ4n) is 6.70. The zero-order chi connectivity index (χ0) is 19.7. The Labute approximate surface area is 166 Å². The number of hydrogen-bond acceptors (Lipinski definition) is 5. The molecule has 5 rings (SSSR count). The summed E-state index contributed by atoms with van der Waals surface area (Å²) in [5, 5.41) is 33.7. The predicted octanol–water partition coefficient (Wildman–Crippen LogP) is 2.54. The molecule has 0 radical (unpaired) electrons. The number of aliphatic hydroxyl groups excluding tert-OH is 1. The topological polar surface area (TPSA) is 81.0 Å². The van der Waals surface area contributed by atoms with Gasteiger partial charge in [-0.25, -0.2) is 0 Å². The fraction of sp³-hybridized carbons (Fsp3) is 0.696. The van der Waals surface area contributed by atoms with E-state index < -0.39 is 17.1 Å². The fourth-order valence-corrected chi connectivity index (χ4v) is 6.70. The average Bonchev–Trinajstić information content (AvgIpc) is 2.59. The van der Waals surface area contributed by atoms with Gasteiger partial charge in [-0.1, -0.05) is 12.5 Å². The molecule has 1 unspecified atom stereocenters. The van der Waals surface area contributed by atoms with E-state index in [2.05, 4.69) is 4.90 Å². The number of fused-ring (bicyclic) bond motifs is 1. The molecule has 5 nitrogen and oxygen atoms in total. The number of ketones is 1. The van der Waals surface area contributed by atoms with Gasteiger partial charge < -0.3 is 15.3 Å². The Bertz CT molecular complexity index is 819. The lowest BCUT2D eigenvalue weighted by Crippen LogP contribution is -2.73. The normalized spacial score (nSPS) is 37.7. The third-order valence-electron chi connectivity index (χ3n) is 8.34. The maximum atomic E-state index is 12.1. The first-order valence-corrected chi connectivity index (χ1v) is 10.9. The van der Waals surface area contributed by atoms with Crippen LogP contribution in [0.3, 0.4) is 0 Å². The quantitative estimate of drug-likeness (QED) is 0.697. The van der Waals surface area contributed by atoms with E-state index >= 15 is 0 Å². The van der Waals surface area contributed by atoms with Crippen molar-refractivity contribution in [1.29, 1.82) is 0 Å². The van der Waals surface area contributed by atoms with Crippen LogP contribution in [-0.2, 0) is 11.8 Å². The number of carbonyl (C=O) groups excluding carboxylic acids is 1. The van der Waals surface area contributed by atoms with Crippen molar-refractivity contribution >= 4 is 5.78 Å². The molecule has 0 spiro atoms. The lowest BCUT2D eigenvalue weighted by molar-refractivity contribution is -0.185. The standard InChI is InChI=1S/C23H31NO4/c1-14(25)18-6-5-16-11-19-23(28)8-7-17(26)12-22(23,20(16)21(18)27)9-10-24(19)13-15-3-2-4-15/h5-6,15,17,19,26-28H,2-4,7-13H2,1H3/t17-,19-,22?,23-/m1/s1. The Kier molecular flexibility index (Phi) is 4.17. The number of rotatable bonds is 3. The van der Waals surface area contributed by atoms with Crippen molar-refractivity contribution in [3.63, 3.8) is 0 Å². The number of hydrogen-bond donors (Lipinski definition) is 3. The molecule has 1 aromatic rings. The van der Waals surface area contributed by atoms with Gasteiger partial charge in [-0.3, -0.25) is 9.69 Å². The van der Waals surface area contributed by atoms with Gasteiger partial charge in [-0.2, -0.15) is 0 Å². The van der Waals surface area contributed by atoms with Crippen LogP contribution in [0.4, 0.5) is 0 Å². The molecular weight excluding hydrogens is 354 g/mol. The zero-order valence-electron chi connectivity index (χ0n) is 16.7. The molecule has 1 aliphatic heterocycles. The maximum Gasteiger partial charge on any atom is 0.163 e. The lowest BCUT2D eigenvalue weighted by atomic mass is 9.48. The summed E-state index contributed by atoms with van der Waals surface area (Å²) in [5.41, 5.74) is 0.458. The summed E-state index contributed by atoms with van der Waals surface area (Å²) >= 11 is 0. The smallest absolute Gasteiger partial charge is 0.163 e. The molecule has 152 valence electrons. The van der Waals surface area contributed by atoms with E-state index in [1.54, 1.807) is 6.07 Å². The number of benzene rings is 1. The highest BCUT2D eigenvalue weighted by Gasteiger charge is 2.65. The third kappa shape index (κ3) is 2.39. The number of likely N-dealkylation sites (tertiary alicyclic amines) is 1. The molecule has 0 aromatic heterocycles. The molecule has 3 aliphatic carbocycles. The van der Waals surface area contributed by atoms with Crippen LogP contribution in [-0.4, -0.2) is 56.8 Å². The SMILES string of the molecule is CC(=O)c1ccc2c(c1O)C13CCN(CC4CCC4)[C@H](C2)[C@]1(O)CC[C@@H](O)C3. The molecule has 1 heterocycles. The first kappa shape index (κ1) is 18.6. The number of carbonyl (C=O) groups is 1. The summed E-state index contributed by atoms with van der Waals surface area (Å²) in [7, 11) is 0. The summed E-state index contributed by atoms with van der Waals surface area (Å²) in [5.74, 6) is 0.602. The number of phenols is 1. The minimum Gasteiger partial charge on any atom is -0.507 e. The molecule has 2 bridgehead atoms. The zero-order valence-corrected chi connectivity index (χ0v) is 16.7. The van der Waals surface area contributed by atoms with Crippen molar-refractivity contribution in [2.75, 3.05) is 13.1 Å². The maximum absolute atomic E-state index is 12.1. The second-order valence-corrected chi connectivity index (χ2v) is 9.72. The Morgan fingerprint density at radius 2 is 2.04 bits per heavy atom. The van der Waals surface area contributed by atoms with Crippen LogP contribution >= 0.6 is 0 Å². The van der Waals surface area contributed by atoms with Crippen LogP contribution in [0.1, 0.15) is 73.4 Å². The predicted molar refractivity (Wildman–Crippen MR) is 106 cm³/mol. The molecule has 3 N–H and O–H groups in total. The lowest BCUT2D eigenvalue weighted by Gasteiger charge is -2.64. The summed E-state index contributed by atoms with van der Waals surface area (Å²) in [4.78, 5) is 14.5. The summed E-state index contributed by atoms with van der Waals surface area (Å²) < 4.78 is 0. The van der Waals surface area contributed by atoms with Crippen molar-refractivity contribution in [1.82, 2.24) is 4.90 Å². The highest BCUT2D eigenvalue weighted by Crippen LogP contribution is 2.60. The summed E-state index contributed by atoms with van der Waals surface area (Å²) in [6, 6.07) is 3.71. The Morgan fingerprint density at radius 3 is 2.71 bits per heavy atom. The first-order valence-electron chi connectivity index (χ1n) is 10.9. The van der Waals surface area contributed by atoms with Gasteiger partial charge in [0.2, 0.25) is 0 Å². The first-order chi connectivity index (χ1) is 13.4. The number of nitrogens with zero attached hydrogens (tertiary/aromatic N) is 1. The van der Waals surface area contributed by atoms with Crippen molar-refractivity contribution in [3.05, 3.63) is 28.8 Å². The van der Waals surface area contributed by atoms with Crippen molar-refractivity contribution in [3.8, 4) is 5.75 Å². The number of aliphatic hydroxyl groups is 2. The van der Waals surface area contributed by atoms with E-state index in [0.29, 0.717) is 37.7 Å².